The molecule has 2 atom stereocenters. The molecule has 1 fully saturated rings. The van der Waals surface area contributed by atoms with E-state index in [4.69, 9.17) is 4.74 Å². The second kappa shape index (κ2) is 13.2. The summed E-state index contributed by atoms with van der Waals surface area (Å²) >= 11 is 0. The number of hydrogen-bond donors (Lipinski definition) is 0. The maximum atomic E-state index is 14.2. The van der Waals surface area contributed by atoms with Crippen molar-refractivity contribution >= 4 is 38.9 Å². The van der Waals surface area contributed by atoms with Gasteiger partial charge in [-0.15, -0.1) is 0 Å². The van der Waals surface area contributed by atoms with Crippen molar-refractivity contribution in [3.8, 4) is 0 Å². The normalized spacial score (nSPS) is 15.6. The molecule has 0 unspecified atom stereocenters. The van der Waals surface area contributed by atoms with Gasteiger partial charge in [0.25, 0.3) is 0 Å². The van der Waals surface area contributed by atoms with Crippen LogP contribution in [0.4, 0.5) is 4.79 Å². The van der Waals surface area contributed by atoms with E-state index in [-0.39, 0.29) is 32.9 Å². The summed E-state index contributed by atoms with van der Waals surface area (Å²) < 4.78 is 5.42. The zero-order valence-corrected chi connectivity index (χ0v) is 22.1. The Labute approximate surface area is 228 Å². The first kappa shape index (κ1) is 27.4. The number of imide groups is 1. The average molecular weight is 518 g/mol. The van der Waals surface area contributed by atoms with E-state index in [9.17, 15) is 9.59 Å². The molecule has 3 radical (unpaired) electrons. The van der Waals surface area contributed by atoms with Gasteiger partial charge in [0.1, 0.15) is 6.61 Å². The smallest absolute Gasteiger partial charge is 0.416 e. The fraction of sp³-hybridized carbons (Fsp3) is 0.188. The van der Waals surface area contributed by atoms with Gasteiger partial charge < -0.3 is 4.74 Å². The van der Waals surface area contributed by atoms with Crippen LogP contribution in [-0.4, -0.2) is 44.1 Å². The van der Waals surface area contributed by atoms with Crippen LogP contribution in [0.5, 0.6) is 0 Å². The lowest BCUT2D eigenvalue weighted by Crippen LogP contribution is -2.45. The Kier molecular flexibility index (Phi) is 9.51. The van der Waals surface area contributed by atoms with E-state index in [0.29, 0.717) is 19.0 Å². The number of cyclic esters (lactones) is 1. The molecule has 0 saturated carbocycles. The summed E-state index contributed by atoms with van der Waals surface area (Å²) in [5.41, 5.74) is 2.17. The molecule has 189 valence electrons. The molecule has 2 amide bonds. The fourth-order valence-electron chi connectivity index (χ4n) is 4.89. The van der Waals surface area contributed by atoms with Crippen molar-refractivity contribution < 1.29 is 14.3 Å². The van der Waals surface area contributed by atoms with Gasteiger partial charge in [0.05, 0.1) is 6.04 Å². The van der Waals surface area contributed by atoms with Gasteiger partial charge in [0.15, 0.2) is 0 Å². The minimum atomic E-state index is -0.810. The number of hydrogen-bond acceptors (Lipinski definition) is 3. The third kappa shape index (κ3) is 6.60. The van der Waals surface area contributed by atoms with E-state index in [1.165, 1.54) is 15.5 Å². The minimum Gasteiger partial charge on any atom is -0.447 e. The lowest BCUT2D eigenvalue weighted by atomic mass is 9.98. The van der Waals surface area contributed by atoms with Gasteiger partial charge in [-0.25, -0.2) is 9.69 Å². The standard InChI is InChI=1S/C32H30NO3P.B/c34-31(33-28(23-36-32(33)35)22-26-15-7-2-8-16-26)27(21-25-13-5-1-6-14-25)24-37(29-17-9-3-10-18-29)30-19-11-4-12-20-30;/h1-20,27-28H,21-24H2;/t27-,28-;/m0./s1. The first-order chi connectivity index (χ1) is 18.2. The number of ether oxygens (including phenoxy) is 1. The third-order valence-electron chi connectivity index (χ3n) is 6.73. The Bertz CT molecular complexity index is 1270. The van der Waals surface area contributed by atoms with E-state index < -0.39 is 14.0 Å². The van der Waals surface area contributed by atoms with Crippen LogP contribution in [0.15, 0.2) is 121 Å². The summed E-state index contributed by atoms with van der Waals surface area (Å²) in [6, 6.07) is 40.6. The molecule has 0 spiro atoms. The first-order valence-electron chi connectivity index (χ1n) is 12.6. The monoisotopic (exact) mass is 518 g/mol. The van der Waals surface area contributed by atoms with E-state index >= 15 is 0 Å². The highest BCUT2D eigenvalue weighted by molar-refractivity contribution is 7.73. The number of benzene rings is 4. The summed E-state index contributed by atoms with van der Waals surface area (Å²) in [5, 5.41) is 2.44. The maximum Gasteiger partial charge on any atom is 0.416 e. The maximum absolute atomic E-state index is 14.2. The molecular weight excluding hydrogens is 488 g/mol. The number of carbonyl (C=O) groups excluding carboxylic acids is 2. The lowest BCUT2D eigenvalue weighted by molar-refractivity contribution is -0.132. The Hall–Kier alpha value is -3.69. The van der Waals surface area contributed by atoms with Crippen LogP contribution in [0, 0.1) is 5.92 Å². The van der Waals surface area contributed by atoms with Crippen LogP contribution >= 0.6 is 7.92 Å². The molecule has 4 aromatic carbocycles. The molecule has 1 aliphatic rings. The van der Waals surface area contributed by atoms with Crippen molar-refractivity contribution in [1.29, 1.82) is 0 Å². The highest BCUT2D eigenvalue weighted by Gasteiger charge is 2.41. The van der Waals surface area contributed by atoms with Crippen LogP contribution in [0.3, 0.4) is 0 Å². The van der Waals surface area contributed by atoms with E-state index in [1.54, 1.807) is 0 Å². The molecular formula is C32H30BNO3P. The Balaban J connectivity index is 0.00000336. The zero-order chi connectivity index (χ0) is 25.5. The summed E-state index contributed by atoms with van der Waals surface area (Å²) in [6.07, 6.45) is 1.27. The molecule has 0 aliphatic carbocycles. The van der Waals surface area contributed by atoms with Crippen LogP contribution in [0.2, 0.25) is 0 Å². The van der Waals surface area contributed by atoms with Crippen molar-refractivity contribution in [3.63, 3.8) is 0 Å². The molecule has 0 bridgehead atoms. The SMILES string of the molecule is O=C1OC[C@H](Cc2ccccc2)N1C(=O)[C@@H](Cc1ccccc1)CP(c1ccccc1)c1ccccc1.[B]. The van der Waals surface area contributed by atoms with E-state index in [1.807, 2.05) is 60.7 Å². The molecule has 4 nitrogen and oxygen atoms in total. The third-order valence-corrected chi connectivity index (χ3v) is 9.37. The molecule has 1 heterocycles. The number of amides is 2. The van der Waals surface area contributed by atoms with Gasteiger partial charge in [-0.3, -0.25) is 4.79 Å². The number of carbonyl (C=O) groups is 2. The Morgan fingerprint density at radius 3 is 1.76 bits per heavy atom. The van der Waals surface area contributed by atoms with Gasteiger partial charge in [0.2, 0.25) is 5.91 Å². The summed E-state index contributed by atoms with van der Waals surface area (Å²) in [6.45, 7) is 0.226. The minimum absolute atomic E-state index is 0. The Morgan fingerprint density at radius 2 is 1.24 bits per heavy atom. The van der Waals surface area contributed by atoms with Gasteiger partial charge in [-0.05, 0) is 48.7 Å². The highest BCUT2D eigenvalue weighted by Crippen LogP contribution is 2.38. The van der Waals surface area contributed by atoms with E-state index in [0.717, 1.165) is 11.1 Å². The molecule has 6 heteroatoms. The number of rotatable bonds is 9. The predicted octanol–water partition coefficient (Wildman–Crippen LogP) is 5.19. The van der Waals surface area contributed by atoms with Crippen molar-refractivity contribution in [2.45, 2.75) is 18.9 Å². The van der Waals surface area contributed by atoms with Crippen LogP contribution < -0.4 is 10.6 Å². The molecule has 4 aromatic rings. The predicted molar refractivity (Wildman–Crippen MR) is 155 cm³/mol. The molecule has 5 rings (SSSR count). The molecule has 1 saturated heterocycles. The Morgan fingerprint density at radius 1 is 0.763 bits per heavy atom. The van der Waals surface area contributed by atoms with E-state index in [2.05, 4.69) is 60.7 Å². The quantitative estimate of drug-likeness (QED) is 0.227. The number of nitrogens with zero attached hydrogens (tertiary/aromatic N) is 1. The largest absolute Gasteiger partial charge is 0.447 e. The molecule has 0 aromatic heterocycles. The second-order valence-corrected chi connectivity index (χ2v) is 11.6. The van der Waals surface area contributed by atoms with Crippen molar-refractivity contribution in [1.82, 2.24) is 4.90 Å². The van der Waals surface area contributed by atoms with Gasteiger partial charge in [-0.2, -0.15) is 0 Å². The summed E-state index contributed by atoms with van der Waals surface area (Å²) in [4.78, 5) is 28.5. The first-order valence-corrected chi connectivity index (χ1v) is 14.2. The van der Waals surface area contributed by atoms with Crippen molar-refractivity contribution in [2.75, 3.05) is 12.8 Å². The lowest BCUT2D eigenvalue weighted by Gasteiger charge is -2.28. The summed E-state index contributed by atoms with van der Waals surface area (Å²) in [7, 11) is -0.810. The van der Waals surface area contributed by atoms with Crippen molar-refractivity contribution in [2.24, 2.45) is 5.92 Å². The molecule has 1 aliphatic heterocycles. The van der Waals surface area contributed by atoms with Crippen molar-refractivity contribution in [3.05, 3.63) is 132 Å². The average Bonchev–Trinajstić information content (AvgIpc) is 3.32. The fourth-order valence-corrected chi connectivity index (χ4v) is 7.40. The van der Waals surface area contributed by atoms with Crippen LogP contribution in [-0.2, 0) is 22.4 Å². The summed E-state index contributed by atoms with van der Waals surface area (Å²) in [5.74, 6) is -0.510. The molecule has 0 N–H and O–H groups in total. The van der Waals surface area contributed by atoms with Gasteiger partial charge >= 0.3 is 6.09 Å². The zero-order valence-electron chi connectivity index (χ0n) is 21.2. The van der Waals surface area contributed by atoms with Gasteiger partial charge in [0, 0.05) is 14.3 Å². The van der Waals surface area contributed by atoms with Gasteiger partial charge in [-0.1, -0.05) is 121 Å². The van der Waals surface area contributed by atoms with Crippen LogP contribution in [0.25, 0.3) is 0 Å². The highest BCUT2D eigenvalue weighted by atomic mass is 31.1. The van der Waals surface area contributed by atoms with Crippen LogP contribution in [0.1, 0.15) is 11.1 Å². The molecule has 38 heavy (non-hydrogen) atoms. The topological polar surface area (TPSA) is 46.6 Å². The second-order valence-electron chi connectivity index (χ2n) is 9.30.